The van der Waals surface area contributed by atoms with Crippen LogP contribution < -0.4 is 10.2 Å². The van der Waals surface area contributed by atoms with Gasteiger partial charge in [-0.05, 0) is 30.0 Å². The predicted molar refractivity (Wildman–Crippen MR) is 96.0 cm³/mol. The van der Waals surface area contributed by atoms with Crippen LogP contribution in [0.25, 0.3) is 0 Å². The topological polar surface area (TPSA) is 67.3 Å². The second-order valence-corrected chi connectivity index (χ2v) is 6.25. The first-order valence-electron chi connectivity index (χ1n) is 8.63. The van der Waals surface area contributed by atoms with Crippen LogP contribution in [0, 0.1) is 5.92 Å². The van der Waals surface area contributed by atoms with Crippen LogP contribution in [0.5, 0.6) is 0 Å². The molecule has 6 heteroatoms. The summed E-state index contributed by atoms with van der Waals surface area (Å²) in [6.07, 6.45) is 5.34. The number of hydrogen-bond acceptors (Lipinski definition) is 5. The number of aromatic nitrogens is 2. The van der Waals surface area contributed by atoms with Gasteiger partial charge in [0.15, 0.2) is 0 Å². The highest BCUT2D eigenvalue weighted by molar-refractivity contribution is 5.79. The summed E-state index contributed by atoms with van der Waals surface area (Å²) in [5.41, 5.74) is 2.20. The molecule has 1 N–H and O–H groups in total. The van der Waals surface area contributed by atoms with E-state index in [1.807, 2.05) is 24.3 Å². The predicted octanol–water partition coefficient (Wildman–Crippen LogP) is 2.16. The standard InChI is InChI=1S/C19H24N4O2/c1-25-14-17-7-3-2-6-15(17)12-22-18(24)16-8-4-11-23(13-16)19-20-9-5-10-21-19/h2-3,5-7,9-10,16H,4,8,11-14H2,1H3,(H,22,24)/t16-/m1/s1. The number of amides is 1. The quantitative estimate of drug-likeness (QED) is 0.873. The molecule has 1 aliphatic rings. The number of nitrogens with zero attached hydrogens (tertiary/aromatic N) is 3. The molecule has 1 aliphatic heterocycles. The third-order valence-electron chi connectivity index (χ3n) is 4.50. The summed E-state index contributed by atoms with van der Waals surface area (Å²) in [5.74, 6) is 0.755. The lowest BCUT2D eigenvalue weighted by Crippen LogP contribution is -2.43. The lowest BCUT2D eigenvalue weighted by atomic mass is 9.97. The van der Waals surface area contributed by atoms with Crippen LogP contribution in [0.3, 0.4) is 0 Å². The van der Waals surface area contributed by atoms with Gasteiger partial charge in [0.25, 0.3) is 0 Å². The monoisotopic (exact) mass is 340 g/mol. The number of carbonyl (C=O) groups excluding carboxylic acids is 1. The molecular weight excluding hydrogens is 316 g/mol. The molecule has 0 saturated carbocycles. The molecule has 1 amide bonds. The number of piperidine rings is 1. The molecule has 0 bridgehead atoms. The molecule has 2 heterocycles. The van der Waals surface area contributed by atoms with Crippen LogP contribution in [0.4, 0.5) is 5.95 Å². The van der Waals surface area contributed by atoms with Crippen molar-refractivity contribution in [3.05, 3.63) is 53.9 Å². The van der Waals surface area contributed by atoms with E-state index in [4.69, 9.17) is 4.74 Å². The number of carbonyl (C=O) groups is 1. The normalized spacial score (nSPS) is 17.3. The fourth-order valence-electron chi connectivity index (χ4n) is 3.18. The molecule has 1 aromatic heterocycles. The van der Waals surface area contributed by atoms with Crippen molar-refractivity contribution in [3.63, 3.8) is 0 Å². The van der Waals surface area contributed by atoms with E-state index in [2.05, 4.69) is 20.2 Å². The molecule has 132 valence electrons. The van der Waals surface area contributed by atoms with Gasteiger partial charge in [0, 0.05) is 39.1 Å². The summed E-state index contributed by atoms with van der Waals surface area (Å²) < 4.78 is 5.22. The first-order chi connectivity index (χ1) is 12.3. The Kier molecular flexibility index (Phi) is 5.95. The average Bonchev–Trinajstić information content (AvgIpc) is 2.68. The van der Waals surface area contributed by atoms with Crippen molar-refractivity contribution in [3.8, 4) is 0 Å². The maximum absolute atomic E-state index is 12.6. The Morgan fingerprint density at radius 2 is 2.00 bits per heavy atom. The number of rotatable bonds is 6. The summed E-state index contributed by atoms with van der Waals surface area (Å²) in [5, 5.41) is 3.08. The Hall–Kier alpha value is -2.47. The zero-order valence-corrected chi connectivity index (χ0v) is 14.5. The second kappa shape index (κ2) is 8.58. The highest BCUT2D eigenvalue weighted by Gasteiger charge is 2.26. The molecule has 3 rings (SSSR count). The van der Waals surface area contributed by atoms with E-state index in [1.165, 1.54) is 0 Å². The van der Waals surface area contributed by atoms with Crippen LogP contribution in [0.1, 0.15) is 24.0 Å². The molecule has 1 saturated heterocycles. The van der Waals surface area contributed by atoms with Crippen molar-refractivity contribution in [1.82, 2.24) is 15.3 Å². The molecule has 1 fully saturated rings. The number of anilines is 1. The lowest BCUT2D eigenvalue weighted by Gasteiger charge is -2.32. The minimum atomic E-state index is -0.0351. The van der Waals surface area contributed by atoms with Crippen LogP contribution in [0.15, 0.2) is 42.7 Å². The van der Waals surface area contributed by atoms with E-state index in [0.29, 0.717) is 25.6 Å². The molecule has 25 heavy (non-hydrogen) atoms. The summed E-state index contributed by atoms with van der Waals surface area (Å²) in [4.78, 5) is 23.3. The number of methoxy groups -OCH3 is 1. The number of nitrogens with one attached hydrogen (secondary N) is 1. The third kappa shape index (κ3) is 4.54. The number of hydrogen-bond donors (Lipinski definition) is 1. The van der Waals surface area contributed by atoms with Crippen molar-refractivity contribution >= 4 is 11.9 Å². The molecule has 0 radical (unpaired) electrons. The van der Waals surface area contributed by atoms with Gasteiger partial charge in [-0.3, -0.25) is 4.79 Å². The summed E-state index contributed by atoms with van der Waals surface area (Å²) in [7, 11) is 1.68. The summed E-state index contributed by atoms with van der Waals surface area (Å²) in [6.45, 7) is 2.63. The zero-order valence-electron chi connectivity index (χ0n) is 14.5. The van der Waals surface area contributed by atoms with Gasteiger partial charge in [-0.2, -0.15) is 0 Å². The Balaban J connectivity index is 1.58. The third-order valence-corrected chi connectivity index (χ3v) is 4.50. The minimum Gasteiger partial charge on any atom is -0.380 e. The maximum atomic E-state index is 12.6. The van der Waals surface area contributed by atoms with Gasteiger partial charge < -0.3 is 15.0 Å². The van der Waals surface area contributed by atoms with Gasteiger partial charge in [-0.1, -0.05) is 24.3 Å². The van der Waals surface area contributed by atoms with Crippen LogP contribution >= 0.6 is 0 Å². The van der Waals surface area contributed by atoms with Crippen molar-refractivity contribution < 1.29 is 9.53 Å². The molecular formula is C19H24N4O2. The number of ether oxygens (including phenoxy) is 1. The molecule has 6 nitrogen and oxygen atoms in total. The molecule has 1 atom stereocenters. The van der Waals surface area contributed by atoms with E-state index < -0.39 is 0 Å². The van der Waals surface area contributed by atoms with E-state index >= 15 is 0 Å². The van der Waals surface area contributed by atoms with Gasteiger partial charge in [-0.25, -0.2) is 9.97 Å². The first kappa shape index (κ1) is 17.4. The Morgan fingerprint density at radius 1 is 1.24 bits per heavy atom. The van der Waals surface area contributed by atoms with Gasteiger partial charge >= 0.3 is 0 Å². The van der Waals surface area contributed by atoms with E-state index in [-0.39, 0.29) is 11.8 Å². The number of benzene rings is 1. The lowest BCUT2D eigenvalue weighted by molar-refractivity contribution is -0.125. The average molecular weight is 340 g/mol. The van der Waals surface area contributed by atoms with Crippen molar-refractivity contribution in [2.45, 2.75) is 26.0 Å². The van der Waals surface area contributed by atoms with Gasteiger partial charge in [0.1, 0.15) is 0 Å². The molecule has 0 spiro atoms. The van der Waals surface area contributed by atoms with Crippen molar-refractivity contribution in [2.75, 3.05) is 25.1 Å². The van der Waals surface area contributed by atoms with E-state index in [1.54, 1.807) is 25.6 Å². The van der Waals surface area contributed by atoms with Crippen LogP contribution in [-0.2, 0) is 22.7 Å². The van der Waals surface area contributed by atoms with Gasteiger partial charge in [0.05, 0.1) is 12.5 Å². The highest BCUT2D eigenvalue weighted by Crippen LogP contribution is 2.20. The summed E-state index contributed by atoms with van der Waals surface area (Å²) >= 11 is 0. The first-order valence-corrected chi connectivity index (χ1v) is 8.63. The van der Waals surface area contributed by atoms with Gasteiger partial charge in [0.2, 0.25) is 11.9 Å². The smallest absolute Gasteiger partial charge is 0.225 e. The maximum Gasteiger partial charge on any atom is 0.225 e. The molecule has 0 unspecified atom stereocenters. The Labute approximate surface area is 148 Å². The Morgan fingerprint density at radius 3 is 2.76 bits per heavy atom. The van der Waals surface area contributed by atoms with Crippen LogP contribution in [-0.4, -0.2) is 36.1 Å². The molecule has 2 aromatic rings. The largest absolute Gasteiger partial charge is 0.380 e. The fraction of sp³-hybridized carbons (Fsp3) is 0.421. The second-order valence-electron chi connectivity index (χ2n) is 6.25. The van der Waals surface area contributed by atoms with Gasteiger partial charge in [-0.15, -0.1) is 0 Å². The minimum absolute atomic E-state index is 0.0351. The Bertz CT molecular complexity index is 693. The molecule has 1 aromatic carbocycles. The molecule has 0 aliphatic carbocycles. The zero-order chi connectivity index (χ0) is 17.5. The summed E-state index contributed by atoms with van der Waals surface area (Å²) in [6, 6.07) is 9.82. The van der Waals surface area contributed by atoms with Crippen molar-refractivity contribution in [1.29, 1.82) is 0 Å². The van der Waals surface area contributed by atoms with Crippen LogP contribution in [0.2, 0.25) is 0 Å². The fourth-order valence-corrected chi connectivity index (χ4v) is 3.18. The van der Waals surface area contributed by atoms with Crippen molar-refractivity contribution in [2.24, 2.45) is 5.92 Å². The SMILES string of the molecule is COCc1ccccc1CNC(=O)[C@@H]1CCCN(c2ncccn2)C1. The highest BCUT2D eigenvalue weighted by atomic mass is 16.5. The van der Waals surface area contributed by atoms with E-state index in [0.717, 1.165) is 30.5 Å². The van der Waals surface area contributed by atoms with E-state index in [9.17, 15) is 4.79 Å².